The van der Waals surface area contributed by atoms with Crippen LogP contribution in [0.2, 0.25) is 0 Å². The Labute approximate surface area is 227 Å². The van der Waals surface area contributed by atoms with E-state index < -0.39 is 10.0 Å². The molecule has 1 atom stereocenters. The van der Waals surface area contributed by atoms with Gasteiger partial charge in [-0.2, -0.15) is 4.31 Å². The molecule has 1 aliphatic heterocycles. The number of fused-ring (bicyclic) bond motifs is 1. The van der Waals surface area contributed by atoms with E-state index in [1.54, 1.807) is 18.2 Å². The fraction of sp³-hybridized carbons (Fsp3) is 0.241. The number of benzene rings is 2. The molecule has 0 radical (unpaired) electrons. The standard InChI is InChI=1S/C29H30N6O3S/c1-19-15-24(21-7-4-3-5-8-21)27(33-19)20(2)34-29-26-25(17-30-28(26)31-18-32-29)22-9-6-10-23(16-22)39(36,37)35-11-13-38-14-12-35/h3-10,15-18,20,33H,11-14H2,1-2H3,(H2,30,31,32,34)/t20-/m0/s1. The lowest BCUT2D eigenvalue weighted by Crippen LogP contribution is -2.40. The van der Waals surface area contributed by atoms with Gasteiger partial charge in [0.2, 0.25) is 10.0 Å². The first-order valence-corrected chi connectivity index (χ1v) is 14.4. The van der Waals surface area contributed by atoms with Crippen LogP contribution in [0, 0.1) is 6.92 Å². The minimum Gasteiger partial charge on any atom is -0.379 e. The van der Waals surface area contributed by atoms with Crippen LogP contribution in [-0.2, 0) is 14.8 Å². The van der Waals surface area contributed by atoms with Gasteiger partial charge >= 0.3 is 0 Å². The molecule has 3 aromatic heterocycles. The third-order valence-electron chi connectivity index (χ3n) is 7.08. The average Bonchev–Trinajstić information content (AvgIpc) is 3.59. The van der Waals surface area contributed by atoms with Crippen LogP contribution >= 0.6 is 0 Å². The molecule has 3 N–H and O–H groups in total. The summed E-state index contributed by atoms with van der Waals surface area (Å²) in [5.74, 6) is 0.663. The SMILES string of the molecule is Cc1cc(-c2ccccc2)c([C@H](C)Nc2ncnc3[nH]cc(-c4cccc(S(=O)(=O)N5CCOCC5)c4)c23)[nH]1. The zero-order valence-corrected chi connectivity index (χ0v) is 22.6. The number of aromatic nitrogens is 4. The van der Waals surface area contributed by atoms with Crippen LogP contribution in [0.3, 0.4) is 0 Å². The third kappa shape index (κ3) is 4.82. The Morgan fingerprint density at radius 2 is 1.74 bits per heavy atom. The lowest BCUT2D eigenvalue weighted by molar-refractivity contribution is 0.0730. The maximum absolute atomic E-state index is 13.3. The molecule has 39 heavy (non-hydrogen) atoms. The van der Waals surface area contributed by atoms with Gasteiger partial charge < -0.3 is 20.0 Å². The minimum absolute atomic E-state index is 0.0946. The van der Waals surface area contributed by atoms with Crippen molar-refractivity contribution in [2.24, 2.45) is 0 Å². The van der Waals surface area contributed by atoms with Gasteiger partial charge in [-0.25, -0.2) is 18.4 Å². The number of nitrogens with zero attached hydrogens (tertiary/aromatic N) is 3. The molecule has 0 spiro atoms. The summed E-state index contributed by atoms with van der Waals surface area (Å²) in [5.41, 5.74) is 6.66. The molecular formula is C29H30N6O3S. The largest absolute Gasteiger partial charge is 0.379 e. The van der Waals surface area contributed by atoms with Gasteiger partial charge in [-0.1, -0.05) is 42.5 Å². The fourth-order valence-corrected chi connectivity index (χ4v) is 6.60. The van der Waals surface area contributed by atoms with E-state index in [0.717, 1.165) is 39.0 Å². The van der Waals surface area contributed by atoms with Gasteiger partial charge in [0.15, 0.2) is 0 Å². The summed E-state index contributed by atoms with van der Waals surface area (Å²) >= 11 is 0. The van der Waals surface area contributed by atoms with E-state index in [9.17, 15) is 8.42 Å². The van der Waals surface area contributed by atoms with Crippen molar-refractivity contribution in [1.29, 1.82) is 0 Å². The number of sulfonamides is 1. The Bertz CT molecular complexity index is 1720. The molecule has 10 heteroatoms. The van der Waals surface area contributed by atoms with Gasteiger partial charge in [0, 0.05) is 41.8 Å². The van der Waals surface area contributed by atoms with Gasteiger partial charge in [-0.15, -0.1) is 0 Å². The maximum atomic E-state index is 13.3. The van der Waals surface area contributed by atoms with E-state index in [1.807, 2.05) is 37.4 Å². The molecule has 9 nitrogen and oxygen atoms in total. The summed E-state index contributed by atoms with van der Waals surface area (Å²) in [5, 5.41) is 4.38. The minimum atomic E-state index is -3.63. The smallest absolute Gasteiger partial charge is 0.243 e. The van der Waals surface area contributed by atoms with Crippen LogP contribution in [0.5, 0.6) is 0 Å². The number of aryl methyl sites for hydroxylation is 1. The monoisotopic (exact) mass is 542 g/mol. The van der Waals surface area contributed by atoms with Crippen molar-refractivity contribution in [3.05, 3.63) is 84.6 Å². The van der Waals surface area contributed by atoms with Crippen LogP contribution in [0.4, 0.5) is 5.82 Å². The van der Waals surface area contributed by atoms with Crippen LogP contribution in [0.25, 0.3) is 33.3 Å². The molecule has 1 fully saturated rings. The average molecular weight is 543 g/mol. The number of hydrogen-bond acceptors (Lipinski definition) is 6. The van der Waals surface area contributed by atoms with Crippen molar-refractivity contribution < 1.29 is 13.2 Å². The summed E-state index contributed by atoms with van der Waals surface area (Å²) in [6, 6.07) is 19.4. The summed E-state index contributed by atoms with van der Waals surface area (Å²) in [6.45, 7) is 5.64. The Balaban J connectivity index is 1.36. The van der Waals surface area contributed by atoms with E-state index in [2.05, 4.69) is 50.4 Å². The highest BCUT2D eigenvalue weighted by Crippen LogP contribution is 2.36. The number of nitrogens with one attached hydrogen (secondary N) is 3. The summed E-state index contributed by atoms with van der Waals surface area (Å²) in [7, 11) is -3.63. The molecule has 0 aliphatic carbocycles. The van der Waals surface area contributed by atoms with Crippen molar-refractivity contribution >= 4 is 26.9 Å². The van der Waals surface area contributed by atoms with Gasteiger partial charge in [0.25, 0.3) is 0 Å². The molecule has 2 aromatic carbocycles. The van der Waals surface area contributed by atoms with Crippen molar-refractivity contribution in [3.8, 4) is 22.3 Å². The van der Waals surface area contributed by atoms with Crippen molar-refractivity contribution in [2.75, 3.05) is 31.6 Å². The number of ether oxygens (including phenoxy) is 1. The van der Waals surface area contributed by atoms with Crippen molar-refractivity contribution in [1.82, 2.24) is 24.2 Å². The van der Waals surface area contributed by atoms with Crippen LogP contribution in [-0.4, -0.2) is 59.0 Å². The first kappa shape index (κ1) is 25.3. The predicted octanol–water partition coefficient (Wildman–Crippen LogP) is 5.12. The fourth-order valence-electron chi connectivity index (χ4n) is 5.15. The number of morpholine rings is 1. The molecule has 1 aliphatic rings. The molecule has 0 saturated carbocycles. The van der Waals surface area contributed by atoms with E-state index in [0.29, 0.717) is 37.8 Å². The Kier molecular flexibility index (Phi) is 6.68. The predicted molar refractivity (Wildman–Crippen MR) is 152 cm³/mol. The summed E-state index contributed by atoms with van der Waals surface area (Å²) in [4.78, 5) is 16.0. The molecule has 0 amide bonds. The Hall–Kier alpha value is -3.99. The number of H-pyrrole nitrogens is 2. The van der Waals surface area contributed by atoms with Crippen molar-refractivity contribution in [3.63, 3.8) is 0 Å². The first-order valence-electron chi connectivity index (χ1n) is 12.9. The van der Waals surface area contributed by atoms with Gasteiger partial charge in [-0.05, 0) is 43.2 Å². The van der Waals surface area contributed by atoms with Crippen LogP contribution in [0.15, 0.2) is 78.1 Å². The van der Waals surface area contributed by atoms with Gasteiger partial charge in [-0.3, -0.25) is 0 Å². The molecule has 4 heterocycles. The van der Waals surface area contributed by atoms with Crippen LogP contribution in [0.1, 0.15) is 24.4 Å². The van der Waals surface area contributed by atoms with Gasteiger partial charge in [0.05, 0.1) is 29.5 Å². The molecule has 0 bridgehead atoms. The number of anilines is 1. The highest BCUT2D eigenvalue weighted by molar-refractivity contribution is 7.89. The molecule has 0 unspecified atom stereocenters. The highest BCUT2D eigenvalue weighted by atomic mass is 32.2. The van der Waals surface area contributed by atoms with E-state index in [4.69, 9.17) is 4.74 Å². The third-order valence-corrected chi connectivity index (χ3v) is 8.97. The second kappa shape index (κ2) is 10.3. The summed E-state index contributed by atoms with van der Waals surface area (Å²) in [6.07, 6.45) is 3.37. The first-order chi connectivity index (χ1) is 18.9. The summed E-state index contributed by atoms with van der Waals surface area (Å²) < 4.78 is 33.4. The lowest BCUT2D eigenvalue weighted by atomic mass is 10.0. The molecule has 200 valence electrons. The molecule has 6 rings (SSSR count). The van der Waals surface area contributed by atoms with Gasteiger partial charge in [0.1, 0.15) is 17.8 Å². The number of hydrogen-bond donors (Lipinski definition) is 3. The normalized spacial score (nSPS) is 15.4. The molecular weight excluding hydrogens is 512 g/mol. The van der Waals surface area contributed by atoms with E-state index in [-0.39, 0.29) is 10.9 Å². The quantitative estimate of drug-likeness (QED) is 0.263. The van der Waals surface area contributed by atoms with E-state index >= 15 is 0 Å². The zero-order chi connectivity index (χ0) is 27.0. The zero-order valence-electron chi connectivity index (χ0n) is 21.8. The molecule has 1 saturated heterocycles. The Morgan fingerprint density at radius 3 is 2.54 bits per heavy atom. The van der Waals surface area contributed by atoms with Crippen molar-refractivity contribution in [2.45, 2.75) is 24.8 Å². The van der Waals surface area contributed by atoms with Crippen LogP contribution < -0.4 is 5.32 Å². The maximum Gasteiger partial charge on any atom is 0.243 e. The van der Waals surface area contributed by atoms with E-state index in [1.165, 1.54) is 10.6 Å². The topological polar surface area (TPSA) is 116 Å². The lowest BCUT2D eigenvalue weighted by Gasteiger charge is -2.26. The Morgan fingerprint density at radius 1 is 0.974 bits per heavy atom. The number of rotatable bonds is 7. The second-order valence-electron chi connectivity index (χ2n) is 9.70. The highest BCUT2D eigenvalue weighted by Gasteiger charge is 2.27. The molecule has 5 aromatic rings. The second-order valence-corrected chi connectivity index (χ2v) is 11.6. The number of aromatic amines is 2.